The molecule has 25 heavy (non-hydrogen) atoms. The fourth-order valence-electron chi connectivity index (χ4n) is 4.60. The van der Waals surface area contributed by atoms with E-state index in [2.05, 4.69) is 13.8 Å². The maximum absolute atomic E-state index is 12.8. The Labute approximate surface area is 149 Å². The highest BCUT2D eigenvalue weighted by Crippen LogP contribution is 2.61. The Morgan fingerprint density at radius 3 is 2.64 bits per heavy atom. The van der Waals surface area contributed by atoms with Crippen LogP contribution in [0.15, 0.2) is 30.3 Å². The molecule has 0 radical (unpaired) electrons. The second-order valence-corrected chi connectivity index (χ2v) is 7.77. The van der Waals surface area contributed by atoms with Crippen LogP contribution in [0, 0.1) is 23.2 Å². The topological polar surface area (TPSA) is 52.6 Å². The maximum atomic E-state index is 12.8. The molecule has 4 unspecified atom stereocenters. The van der Waals surface area contributed by atoms with E-state index in [9.17, 15) is 9.59 Å². The molecule has 0 N–H and O–H groups in total. The molecule has 4 atom stereocenters. The minimum Gasteiger partial charge on any atom is -0.465 e. The average molecular weight is 344 g/mol. The van der Waals surface area contributed by atoms with Crippen molar-refractivity contribution in [2.75, 3.05) is 6.61 Å². The van der Waals surface area contributed by atoms with Crippen LogP contribution < -0.4 is 0 Å². The fourth-order valence-corrected chi connectivity index (χ4v) is 4.60. The number of esters is 2. The Hall–Kier alpha value is -1.84. The molecule has 4 nitrogen and oxygen atoms in total. The molecule has 0 heterocycles. The first kappa shape index (κ1) is 18.0. The van der Waals surface area contributed by atoms with Gasteiger partial charge in [-0.3, -0.25) is 9.59 Å². The molecule has 1 aromatic carbocycles. The first-order chi connectivity index (χ1) is 12.0. The first-order valence-corrected chi connectivity index (χ1v) is 9.42. The smallest absolute Gasteiger partial charge is 0.310 e. The van der Waals surface area contributed by atoms with Crippen LogP contribution in [-0.4, -0.2) is 18.5 Å². The summed E-state index contributed by atoms with van der Waals surface area (Å²) in [5.41, 5.74) is 0.832. The lowest BCUT2D eigenvalue weighted by atomic mass is 9.71. The molecule has 4 heteroatoms. The Morgan fingerprint density at radius 1 is 1.16 bits per heavy atom. The van der Waals surface area contributed by atoms with Gasteiger partial charge in [0.2, 0.25) is 0 Å². The van der Waals surface area contributed by atoms with Crippen LogP contribution in [0.1, 0.15) is 51.5 Å². The summed E-state index contributed by atoms with van der Waals surface area (Å²) in [5, 5.41) is 0. The number of unbranched alkanes of at least 4 members (excludes halogenated alkanes) is 1. The molecule has 1 aromatic rings. The van der Waals surface area contributed by atoms with Gasteiger partial charge in [-0.05, 0) is 42.6 Å². The van der Waals surface area contributed by atoms with E-state index in [-0.39, 0.29) is 41.7 Å². The van der Waals surface area contributed by atoms with Crippen LogP contribution in [0.25, 0.3) is 0 Å². The van der Waals surface area contributed by atoms with Gasteiger partial charge in [0.05, 0.1) is 18.4 Å². The van der Waals surface area contributed by atoms with Crippen molar-refractivity contribution in [3.63, 3.8) is 0 Å². The fraction of sp³-hybridized carbons (Fsp3) is 0.619. The molecular formula is C21H28O4. The van der Waals surface area contributed by atoms with Crippen molar-refractivity contribution < 1.29 is 19.1 Å². The van der Waals surface area contributed by atoms with Gasteiger partial charge in [0.15, 0.2) is 0 Å². The van der Waals surface area contributed by atoms with Crippen molar-refractivity contribution in [3.8, 4) is 0 Å². The van der Waals surface area contributed by atoms with Crippen LogP contribution >= 0.6 is 0 Å². The highest BCUT2D eigenvalue weighted by Gasteiger charge is 2.61. The maximum Gasteiger partial charge on any atom is 0.310 e. The van der Waals surface area contributed by atoms with Gasteiger partial charge < -0.3 is 9.47 Å². The summed E-state index contributed by atoms with van der Waals surface area (Å²) >= 11 is 0. The third-order valence-corrected chi connectivity index (χ3v) is 5.92. The average Bonchev–Trinajstić information content (AvgIpc) is 3.14. The molecule has 0 aliphatic heterocycles. The quantitative estimate of drug-likeness (QED) is 0.551. The molecule has 0 amide bonds. The Morgan fingerprint density at radius 2 is 1.92 bits per heavy atom. The highest BCUT2D eigenvalue weighted by atomic mass is 16.5. The molecule has 2 aliphatic rings. The monoisotopic (exact) mass is 344 g/mol. The number of fused-ring (bicyclic) bond motifs is 2. The second-order valence-electron chi connectivity index (χ2n) is 7.77. The summed E-state index contributed by atoms with van der Waals surface area (Å²) in [5.74, 6) is -0.897. The van der Waals surface area contributed by atoms with E-state index in [1.54, 1.807) is 0 Å². The summed E-state index contributed by atoms with van der Waals surface area (Å²) < 4.78 is 11.0. The standard InChI is InChI=1S/C21H28O4/c1-3-4-12-24-19(22)17-16-10-11-21(2,13-16)18(17)20(23)25-14-15-8-6-5-7-9-15/h5-9,16-18H,3-4,10-14H2,1-2H3. The number of ether oxygens (including phenoxy) is 2. The largest absolute Gasteiger partial charge is 0.465 e. The zero-order chi connectivity index (χ0) is 17.9. The van der Waals surface area contributed by atoms with E-state index in [1.807, 2.05) is 30.3 Å². The molecule has 0 spiro atoms. The highest BCUT2D eigenvalue weighted by molar-refractivity contribution is 5.84. The predicted octanol–water partition coefficient (Wildman–Crippen LogP) is 4.13. The van der Waals surface area contributed by atoms with Gasteiger partial charge in [-0.15, -0.1) is 0 Å². The molecule has 2 saturated carbocycles. The SMILES string of the molecule is CCCCOC(=O)C1C2CCC(C)(C2)C1C(=O)OCc1ccccc1. The van der Waals surface area contributed by atoms with Crippen molar-refractivity contribution in [2.45, 2.75) is 52.6 Å². The van der Waals surface area contributed by atoms with Crippen molar-refractivity contribution in [3.05, 3.63) is 35.9 Å². The summed E-state index contributed by atoms with van der Waals surface area (Å²) in [6.07, 6.45) is 4.77. The van der Waals surface area contributed by atoms with E-state index in [4.69, 9.17) is 9.47 Å². The van der Waals surface area contributed by atoms with Gasteiger partial charge in [0, 0.05) is 0 Å². The van der Waals surface area contributed by atoms with Gasteiger partial charge in [-0.1, -0.05) is 50.6 Å². The summed E-state index contributed by atoms with van der Waals surface area (Å²) in [4.78, 5) is 25.4. The van der Waals surface area contributed by atoms with Crippen LogP contribution in [0.3, 0.4) is 0 Å². The number of hydrogen-bond donors (Lipinski definition) is 0. The number of benzene rings is 1. The Balaban J connectivity index is 1.67. The third kappa shape index (κ3) is 3.73. The second kappa shape index (κ2) is 7.59. The number of carbonyl (C=O) groups is 2. The molecule has 2 fully saturated rings. The van der Waals surface area contributed by atoms with Crippen molar-refractivity contribution in [1.29, 1.82) is 0 Å². The van der Waals surface area contributed by atoms with Crippen LogP contribution in [0.2, 0.25) is 0 Å². The lowest BCUT2D eigenvalue weighted by Gasteiger charge is -2.34. The van der Waals surface area contributed by atoms with Crippen molar-refractivity contribution >= 4 is 11.9 Å². The molecule has 2 bridgehead atoms. The summed E-state index contributed by atoms with van der Waals surface area (Å²) in [6, 6.07) is 9.66. The van der Waals surface area contributed by atoms with Crippen molar-refractivity contribution in [1.82, 2.24) is 0 Å². The van der Waals surface area contributed by atoms with Crippen molar-refractivity contribution in [2.24, 2.45) is 23.2 Å². The number of hydrogen-bond acceptors (Lipinski definition) is 4. The van der Waals surface area contributed by atoms with E-state index in [0.29, 0.717) is 6.61 Å². The lowest BCUT2D eigenvalue weighted by Crippen LogP contribution is -2.40. The molecular weight excluding hydrogens is 316 g/mol. The zero-order valence-corrected chi connectivity index (χ0v) is 15.2. The van der Waals surface area contributed by atoms with Gasteiger partial charge in [0.1, 0.15) is 6.61 Å². The molecule has 0 saturated heterocycles. The first-order valence-electron chi connectivity index (χ1n) is 9.42. The van der Waals surface area contributed by atoms with E-state index in [0.717, 1.165) is 37.7 Å². The summed E-state index contributed by atoms with van der Waals surface area (Å²) in [7, 11) is 0. The molecule has 3 rings (SSSR count). The predicted molar refractivity (Wildman–Crippen MR) is 94.5 cm³/mol. The molecule has 136 valence electrons. The van der Waals surface area contributed by atoms with Gasteiger partial charge in [0.25, 0.3) is 0 Å². The van der Waals surface area contributed by atoms with Gasteiger partial charge >= 0.3 is 11.9 Å². The Kier molecular flexibility index (Phi) is 5.45. The van der Waals surface area contributed by atoms with Crippen LogP contribution in [0.4, 0.5) is 0 Å². The van der Waals surface area contributed by atoms with Crippen LogP contribution in [0.5, 0.6) is 0 Å². The zero-order valence-electron chi connectivity index (χ0n) is 15.2. The third-order valence-electron chi connectivity index (χ3n) is 5.92. The van der Waals surface area contributed by atoms with E-state index >= 15 is 0 Å². The summed E-state index contributed by atoms with van der Waals surface area (Å²) in [6.45, 7) is 4.90. The molecule has 0 aromatic heterocycles. The normalized spacial score (nSPS) is 30.2. The van der Waals surface area contributed by atoms with Gasteiger partial charge in [-0.25, -0.2) is 0 Å². The minimum absolute atomic E-state index is 0.132. The minimum atomic E-state index is -0.371. The van der Waals surface area contributed by atoms with Crippen LogP contribution in [-0.2, 0) is 25.7 Å². The van der Waals surface area contributed by atoms with E-state index < -0.39 is 0 Å². The lowest BCUT2D eigenvalue weighted by molar-refractivity contribution is -0.166. The molecule has 2 aliphatic carbocycles. The van der Waals surface area contributed by atoms with Gasteiger partial charge in [-0.2, -0.15) is 0 Å². The number of rotatable bonds is 7. The number of carbonyl (C=O) groups excluding carboxylic acids is 2. The Bertz CT molecular complexity index is 612. The van der Waals surface area contributed by atoms with E-state index in [1.165, 1.54) is 0 Å².